The van der Waals surface area contributed by atoms with E-state index in [2.05, 4.69) is 9.97 Å². The number of nitrogens with zero attached hydrogens (tertiary/aromatic N) is 2. The Labute approximate surface area is 145 Å². The molecule has 0 spiro atoms. The van der Waals surface area contributed by atoms with Crippen molar-refractivity contribution in [1.29, 1.82) is 0 Å². The number of hydrogen-bond acceptors (Lipinski definition) is 5. The lowest BCUT2D eigenvalue weighted by atomic mass is 10.1. The van der Waals surface area contributed by atoms with Crippen molar-refractivity contribution in [3.05, 3.63) is 38.6 Å². The van der Waals surface area contributed by atoms with Crippen LogP contribution >= 0.6 is 11.3 Å². The smallest absolute Gasteiger partial charge is 0.340 e. The molecule has 0 aliphatic rings. The maximum Gasteiger partial charge on any atom is 0.340 e. The standard InChI is InChI=1S/C17H23N3O3S/c1-6-23-17(22)14-10(2)15(19-12(14)4)16(21)20(5)8-7-13-11(3)18-9-24-13/h9,19H,6-8H2,1-5H3. The summed E-state index contributed by atoms with van der Waals surface area (Å²) in [6, 6.07) is 0. The average Bonchev–Trinajstić information content (AvgIpc) is 3.07. The average molecular weight is 349 g/mol. The van der Waals surface area contributed by atoms with Crippen molar-refractivity contribution in [2.45, 2.75) is 34.1 Å². The SMILES string of the molecule is CCOC(=O)c1c(C)[nH]c(C(=O)N(C)CCc2scnc2C)c1C. The number of carbonyl (C=O) groups excluding carboxylic acids is 2. The van der Waals surface area contributed by atoms with E-state index in [1.165, 1.54) is 4.88 Å². The molecule has 0 aliphatic carbocycles. The lowest BCUT2D eigenvalue weighted by Gasteiger charge is -2.16. The van der Waals surface area contributed by atoms with Crippen LogP contribution in [-0.4, -0.2) is 46.9 Å². The first-order valence-electron chi connectivity index (χ1n) is 7.87. The number of hydrogen-bond donors (Lipinski definition) is 1. The highest BCUT2D eigenvalue weighted by atomic mass is 32.1. The van der Waals surface area contributed by atoms with Gasteiger partial charge in [-0.25, -0.2) is 9.78 Å². The molecule has 24 heavy (non-hydrogen) atoms. The van der Waals surface area contributed by atoms with Crippen LogP contribution in [-0.2, 0) is 11.2 Å². The Kier molecular flexibility index (Phi) is 5.77. The van der Waals surface area contributed by atoms with Gasteiger partial charge < -0.3 is 14.6 Å². The summed E-state index contributed by atoms with van der Waals surface area (Å²) < 4.78 is 5.06. The maximum absolute atomic E-state index is 12.7. The normalized spacial score (nSPS) is 10.7. The van der Waals surface area contributed by atoms with Crippen LogP contribution in [0.15, 0.2) is 5.51 Å². The number of nitrogens with one attached hydrogen (secondary N) is 1. The van der Waals surface area contributed by atoms with Gasteiger partial charge in [0.15, 0.2) is 0 Å². The third-order valence-electron chi connectivity index (χ3n) is 4.00. The van der Waals surface area contributed by atoms with E-state index in [9.17, 15) is 9.59 Å². The minimum absolute atomic E-state index is 0.131. The third-order valence-corrected chi connectivity index (χ3v) is 4.99. The van der Waals surface area contributed by atoms with Gasteiger partial charge in [-0.3, -0.25) is 4.79 Å². The molecule has 0 fully saturated rings. The number of aromatic nitrogens is 2. The first-order valence-corrected chi connectivity index (χ1v) is 8.75. The predicted octanol–water partition coefficient (Wildman–Crippen LogP) is 2.89. The summed E-state index contributed by atoms with van der Waals surface area (Å²) in [5.41, 5.74) is 5.01. The maximum atomic E-state index is 12.7. The second-order valence-corrected chi connectivity index (χ2v) is 6.62. The Morgan fingerprint density at radius 1 is 1.33 bits per heavy atom. The van der Waals surface area contributed by atoms with Gasteiger partial charge >= 0.3 is 5.97 Å². The van der Waals surface area contributed by atoms with Crippen LogP contribution in [0.2, 0.25) is 0 Å². The number of thiazole rings is 1. The predicted molar refractivity (Wildman–Crippen MR) is 93.7 cm³/mol. The number of H-pyrrole nitrogens is 1. The van der Waals surface area contributed by atoms with Gasteiger partial charge in [0.05, 0.1) is 23.4 Å². The topological polar surface area (TPSA) is 75.3 Å². The van der Waals surface area contributed by atoms with E-state index in [0.717, 1.165) is 12.1 Å². The Morgan fingerprint density at radius 3 is 2.62 bits per heavy atom. The summed E-state index contributed by atoms with van der Waals surface area (Å²) in [4.78, 5) is 34.8. The number of likely N-dealkylation sites (N-methyl/N-ethyl adjacent to an activating group) is 1. The number of aryl methyl sites for hydroxylation is 2. The molecule has 0 radical (unpaired) electrons. The number of esters is 1. The van der Waals surface area contributed by atoms with E-state index < -0.39 is 5.97 Å². The van der Waals surface area contributed by atoms with Crippen molar-refractivity contribution < 1.29 is 14.3 Å². The molecule has 0 saturated carbocycles. The molecule has 2 aromatic rings. The highest BCUT2D eigenvalue weighted by Gasteiger charge is 2.24. The van der Waals surface area contributed by atoms with Gasteiger partial charge in [0.1, 0.15) is 5.69 Å². The molecule has 0 atom stereocenters. The number of amides is 1. The largest absolute Gasteiger partial charge is 0.462 e. The van der Waals surface area contributed by atoms with Crippen LogP contribution in [0, 0.1) is 20.8 Å². The van der Waals surface area contributed by atoms with E-state index >= 15 is 0 Å². The molecule has 2 aromatic heterocycles. The van der Waals surface area contributed by atoms with Crippen molar-refractivity contribution in [3.63, 3.8) is 0 Å². The van der Waals surface area contributed by atoms with Gasteiger partial charge in [0.2, 0.25) is 0 Å². The van der Waals surface area contributed by atoms with E-state index in [0.29, 0.717) is 35.7 Å². The number of rotatable bonds is 6. The van der Waals surface area contributed by atoms with E-state index in [-0.39, 0.29) is 5.91 Å². The van der Waals surface area contributed by atoms with Crippen LogP contribution in [0.5, 0.6) is 0 Å². The summed E-state index contributed by atoms with van der Waals surface area (Å²) in [6.45, 7) is 8.17. The third kappa shape index (κ3) is 3.67. The fourth-order valence-electron chi connectivity index (χ4n) is 2.60. The fraction of sp³-hybridized carbons (Fsp3) is 0.471. The van der Waals surface area contributed by atoms with Crippen molar-refractivity contribution in [2.75, 3.05) is 20.2 Å². The molecular weight excluding hydrogens is 326 g/mol. The molecule has 0 unspecified atom stereocenters. The minimum Gasteiger partial charge on any atom is -0.462 e. The molecular formula is C17H23N3O3S. The monoisotopic (exact) mass is 349 g/mol. The van der Waals surface area contributed by atoms with Crippen LogP contribution in [0.25, 0.3) is 0 Å². The van der Waals surface area contributed by atoms with E-state index in [1.807, 2.05) is 12.4 Å². The molecule has 0 aromatic carbocycles. The second kappa shape index (κ2) is 7.61. The molecule has 2 heterocycles. The lowest BCUT2D eigenvalue weighted by molar-refractivity contribution is 0.0525. The van der Waals surface area contributed by atoms with Gasteiger partial charge in [0.25, 0.3) is 5.91 Å². The van der Waals surface area contributed by atoms with Crippen LogP contribution in [0.1, 0.15) is 49.6 Å². The molecule has 130 valence electrons. The van der Waals surface area contributed by atoms with Gasteiger partial charge in [-0.15, -0.1) is 11.3 Å². The molecule has 6 nitrogen and oxygen atoms in total. The van der Waals surface area contributed by atoms with Gasteiger partial charge in [0, 0.05) is 30.6 Å². The summed E-state index contributed by atoms with van der Waals surface area (Å²) in [5, 5.41) is 0. The number of aromatic amines is 1. The summed E-state index contributed by atoms with van der Waals surface area (Å²) in [5.74, 6) is -0.529. The fourth-order valence-corrected chi connectivity index (χ4v) is 3.37. The van der Waals surface area contributed by atoms with Gasteiger partial charge in [-0.1, -0.05) is 0 Å². The zero-order chi connectivity index (χ0) is 17.9. The van der Waals surface area contributed by atoms with Crippen LogP contribution in [0.3, 0.4) is 0 Å². The Balaban J connectivity index is 2.13. The lowest BCUT2D eigenvalue weighted by Crippen LogP contribution is -2.29. The summed E-state index contributed by atoms with van der Waals surface area (Å²) >= 11 is 1.60. The molecule has 0 bridgehead atoms. The first-order chi connectivity index (χ1) is 11.4. The second-order valence-electron chi connectivity index (χ2n) is 5.68. The van der Waals surface area contributed by atoms with Gasteiger partial charge in [-0.05, 0) is 33.3 Å². The minimum atomic E-state index is -0.397. The summed E-state index contributed by atoms with van der Waals surface area (Å²) in [6.07, 6.45) is 0.766. The highest BCUT2D eigenvalue weighted by Crippen LogP contribution is 2.21. The van der Waals surface area contributed by atoms with Crippen molar-refractivity contribution in [3.8, 4) is 0 Å². The molecule has 0 saturated heterocycles. The molecule has 7 heteroatoms. The Hall–Kier alpha value is -2.15. The highest BCUT2D eigenvalue weighted by molar-refractivity contribution is 7.09. The van der Waals surface area contributed by atoms with Crippen LogP contribution in [0.4, 0.5) is 0 Å². The number of carbonyl (C=O) groups is 2. The zero-order valence-corrected chi connectivity index (χ0v) is 15.5. The Bertz CT molecular complexity index is 748. The summed E-state index contributed by atoms with van der Waals surface area (Å²) in [7, 11) is 1.76. The first kappa shape index (κ1) is 18.2. The van der Waals surface area contributed by atoms with Crippen LogP contribution < -0.4 is 0 Å². The van der Waals surface area contributed by atoms with Crippen molar-refractivity contribution >= 4 is 23.2 Å². The van der Waals surface area contributed by atoms with E-state index in [1.54, 1.807) is 44.1 Å². The molecule has 2 rings (SSSR count). The van der Waals surface area contributed by atoms with Crippen molar-refractivity contribution in [2.24, 2.45) is 0 Å². The molecule has 1 amide bonds. The number of ether oxygens (including phenoxy) is 1. The molecule has 1 N–H and O–H groups in total. The molecule has 0 aliphatic heterocycles. The quantitative estimate of drug-likeness (QED) is 0.814. The Morgan fingerprint density at radius 2 is 2.04 bits per heavy atom. The van der Waals surface area contributed by atoms with E-state index in [4.69, 9.17) is 4.74 Å². The van der Waals surface area contributed by atoms with Gasteiger partial charge in [-0.2, -0.15) is 0 Å². The zero-order valence-electron chi connectivity index (χ0n) is 14.7. The van der Waals surface area contributed by atoms with Crippen molar-refractivity contribution in [1.82, 2.24) is 14.9 Å².